The lowest BCUT2D eigenvalue weighted by atomic mass is 9.78. The standard InChI is InChI=1S/C30H29F3O/c1-2-19-3-8-22(9-4-19)26-16-13-23(29(32)30(26)33)12-7-20-5-10-21(11-6-20)25-15-14-24(17-27(25)31)28-18-34-28/h3-4,7-9,12-17,20-21,28H,2,5-6,10-11,18H2,1H3/b12-7+. The molecule has 0 radical (unpaired) electrons. The quantitative estimate of drug-likeness (QED) is 0.335. The molecule has 1 heterocycles. The van der Waals surface area contributed by atoms with Crippen LogP contribution in [0.5, 0.6) is 0 Å². The van der Waals surface area contributed by atoms with E-state index in [4.69, 9.17) is 4.74 Å². The Morgan fingerprint density at radius 3 is 2.26 bits per heavy atom. The van der Waals surface area contributed by atoms with Gasteiger partial charge in [0.15, 0.2) is 11.6 Å². The third-order valence-corrected chi connectivity index (χ3v) is 7.27. The number of halogens is 3. The normalized spacial score (nSPS) is 22.3. The molecule has 0 amide bonds. The van der Waals surface area contributed by atoms with Gasteiger partial charge in [-0.05, 0) is 72.3 Å². The van der Waals surface area contributed by atoms with Crippen LogP contribution in [0.4, 0.5) is 13.2 Å². The zero-order chi connectivity index (χ0) is 23.7. The largest absolute Gasteiger partial charge is 0.368 e. The van der Waals surface area contributed by atoms with Crippen molar-refractivity contribution >= 4 is 6.08 Å². The molecule has 2 aliphatic rings. The van der Waals surface area contributed by atoms with Gasteiger partial charge < -0.3 is 4.74 Å². The number of allylic oxidation sites excluding steroid dienone is 1. The molecule has 4 heteroatoms. The van der Waals surface area contributed by atoms with Gasteiger partial charge in [0, 0.05) is 11.1 Å². The van der Waals surface area contributed by atoms with Gasteiger partial charge in [-0.2, -0.15) is 0 Å². The highest BCUT2D eigenvalue weighted by Gasteiger charge is 2.28. The van der Waals surface area contributed by atoms with Crippen molar-refractivity contribution in [3.05, 3.63) is 100 Å². The topological polar surface area (TPSA) is 12.5 Å². The van der Waals surface area contributed by atoms with Crippen LogP contribution in [0.15, 0.2) is 60.7 Å². The molecule has 2 fully saturated rings. The molecule has 3 aromatic carbocycles. The highest BCUT2D eigenvalue weighted by molar-refractivity contribution is 5.67. The molecule has 1 saturated heterocycles. The summed E-state index contributed by atoms with van der Waals surface area (Å²) in [6.45, 7) is 2.73. The maximum absolute atomic E-state index is 14.8. The molecule has 1 saturated carbocycles. The van der Waals surface area contributed by atoms with Crippen LogP contribution in [-0.2, 0) is 11.2 Å². The van der Waals surface area contributed by atoms with Crippen LogP contribution in [0, 0.1) is 23.4 Å². The van der Waals surface area contributed by atoms with Gasteiger partial charge in [-0.25, -0.2) is 13.2 Å². The van der Waals surface area contributed by atoms with Gasteiger partial charge in [-0.15, -0.1) is 0 Å². The fourth-order valence-corrected chi connectivity index (χ4v) is 5.01. The lowest BCUT2D eigenvalue weighted by molar-refractivity contribution is 0.368. The average Bonchev–Trinajstić information content (AvgIpc) is 3.71. The van der Waals surface area contributed by atoms with E-state index in [1.807, 2.05) is 42.5 Å². The van der Waals surface area contributed by atoms with E-state index in [0.717, 1.165) is 48.8 Å². The number of benzene rings is 3. The second kappa shape index (κ2) is 9.79. The molecule has 5 rings (SSSR count). The summed E-state index contributed by atoms with van der Waals surface area (Å²) in [6.07, 6.45) is 8.21. The van der Waals surface area contributed by atoms with Crippen LogP contribution in [-0.4, -0.2) is 6.61 Å². The van der Waals surface area contributed by atoms with Gasteiger partial charge in [-0.1, -0.05) is 67.6 Å². The predicted molar refractivity (Wildman–Crippen MR) is 130 cm³/mol. The zero-order valence-electron chi connectivity index (χ0n) is 19.4. The Hall–Kier alpha value is -2.85. The lowest BCUT2D eigenvalue weighted by Crippen LogP contribution is -2.13. The minimum atomic E-state index is -0.816. The van der Waals surface area contributed by atoms with Gasteiger partial charge in [0.05, 0.1) is 6.61 Å². The average molecular weight is 463 g/mol. The third kappa shape index (κ3) is 4.83. The molecule has 0 spiro atoms. The second-order valence-electron chi connectivity index (χ2n) is 9.45. The van der Waals surface area contributed by atoms with Crippen LogP contribution in [0.1, 0.15) is 66.9 Å². The zero-order valence-corrected chi connectivity index (χ0v) is 19.4. The summed E-state index contributed by atoms with van der Waals surface area (Å²) in [5.74, 6) is -1.29. The smallest absolute Gasteiger partial charge is 0.167 e. The molecule has 176 valence electrons. The minimum Gasteiger partial charge on any atom is -0.368 e. The molecular formula is C30H29F3O. The monoisotopic (exact) mass is 462 g/mol. The van der Waals surface area contributed by atoms with Gasteiger partial charge in [0.2, 0.25) is 0 Å². The molecule has 34 heavy (non-hydrogen) atoms. The Morgan fingerprint density at radius 1 is 0.882 bits per heavy atom. The summed E-state index contributed by atoms with van der Waals surface area (Å²) in [5, 5.41) is 0. The molecule has 1 nitrogen and oxygen atoms in total. The lowest BCUT2D eigenvalue weighted by Gasteiger charge is -2.27. The Morgan fingerprint density at radius 2 is 1.62 bits per heavy atom. The summed E-state index contributed by atoms with van der Waals surface area (Å²) >= 11 is 0. The maximum atomic E-state index is 14.8. The van der Waals surface area contributed by atoms with Crippen molar-refractivity contribution in [1.29, 1.82) is 0 Å². The molecular weight excluding hydrogens is 433 g/mol. The van der Waals surface area contributed by atoms with Gasteiger partial charge in [0.1, 0.15) is 11.9 Å². The first-order valence-corrected chi connectivity index (χ1v) is 12.2. The molecule has 1 atom stereocenters. The van der Waals surface area contributed by atoms with Gasteiger partial charge in [-0.3, -0.25) is 0 Å². The molecule has 0 aromatic heterocycles. The van der Waals surface area contributed by atoms with Crippen LogP contribution >= 0.6 is 0 Å². The predicted octanol–water partition coefficient (Wildman–Crippen LogP) is 8.39. The maximum Gasteiger partial charge on any atom is 0.167 e. The number of ether oxygens (including phenoxy) is 1. The van der Waals surface area contributed by atoms with E-state index in [0.29, 0.717) is 12.2 Å². The van der Waals surface area contributed by atoms with Gasteiger partial charge >= 0.3 is 0 Å². The summed E-state index contributed by atoms with van der Waals surface area (Å²) in [4.78, 5) is 0. The second-order valence-corrected chi connectivity index (χ2v) is 9.45. The van der Waals surface area contributed by atoms with E-state index >= 15 is 0 Å². The number of hydrogen-bond donors (Lipinski definition) is 0. The van der Waals surface area contributed by atoms with Crippen molar-refractivity contribution in [2.24, 2.45) is 5.92 Å². The van der Waals surface area contributed by atoms with Crippen LogP contribution in [0.25, 0.3) is 17.2 Å². The Bertz CT molecular complexity index is 1190. The summed E-state index contributed by atoms with van der Waals surface area (Å²) < 4.78 is 49.5. The summed E-state index contributed by atoms with van der Waals surface area (Å²) in [7, 11) is 0. The first-order valence-electron chi connectivity index (χ1n) is 12.2. The van der Waals surface area contributed by atoms with Crippen molar-refractivity contribution in [1.82, 2.24) is 0 Å². The van der Waals surface area contributed by atoms with Crippen molar-refractivity contribution in [2.75, 3.05) is 6.61 Å². The molecule has 1 unspecified atom stereocenters. The minimum absolute atomic E-state index is 0.0605. The Labute approximate surface area is 199 Å². The van der Waals surface area contributed by atoms with E-state index in [1.165, 1.54) is 0 Å². The van der Waals surface area contributed by atoms with E-state index in [2.05, 4.69) is 6.92 Å². The first-order chi connectivity index (χ1) is 16.5. The van der Waals surface area contributed by atoms with Crippen molar-refractivity contribution < 1.29 is 17.9 Å². The van der Waals surface area contributed by atoms with E-state index in [9.17, 15) is 13.2 Å². The van der Waals surface area contributed by atoms with Gasteiger partial charge in [0.25, 0.3) is 0 Å². The van der Waals surface area contributed by atoms with Crippen molar-refractivity contribution in [3.8, 4) is 11.1 Å². The SMILES string of the molecule is CCc1ccc(-c2ccc(/C=C/C3CCC(c4ccc(C5CO5)cc4F)CC3)c(F)c2F)cc1. The van der Waals surface area contributed by atoms with Crippen LogP contribution in [0.3, 0.4) is 0 Å². The first kappa shape index (κ1) is 22.9. The summed E-state index contributed by atoms with van der Waals surface area (Å²) in [5.41, 5.74) is 4.06. The van der Waals surface area contributed by atoms with Crippen molar-refractivity contribution in [2.45, 2.75) is 51.0 Å². The van der Waals surface area contributed by atoms with Crippen LogP contribution < -0.4 is 0 Å². The number of epoxide rings is 1. The number of hydrogen-bond acceptors (Lipinski definition) is 1. The third-order valence-electron chi connectivity index (χ3n) is 7.27. The van der Waals surface area contributed by atoms with Crippen molar-refractivity contribution in [3.63, 3.8) is 0 Å². The van der Waals surface area contributed by atoms with E-state index in [1.54, 1.807) is 24.3 Å². The Kier molecular flexibility index (Phi) is 6.60. The fourth-order valence-electron chi connectivity index (χ4n) is 5.01. The van der Waals surface area contributed by atoms with E-state index in [-0.39, 0.29) is 34.9 Å². The summed E-state index contributed by atoms with van der Waals surface area (Å²) in [6, 6.07) is 16.3. The number of aryl methyl sites for hydroxylation is 1. The highest BCUT2D eigenvalue weighted by Crippen LogP contribution is 2.39. The number of rotatable bonds is 6. The molecule has 1 aliphatic carbocycles. The highest BCUT2D eigenvalue weighted by atomic mass is 19.2. The Balaban J connectivity index is 1.23. The van der Waals surface area contributed by atoms with E-state index < -0.39 is 11.6 Å². The molecule has 0 bridgehead atoms. The molecule has 3 aromatic rings. The van der Waals surface area contributed by atoms with Crippen LogP contribution in [0.2, 0.25) is 0 Å². The molecule has 1 aliphatic heterocycles. The fraction of sp³-hybridized carbons (Fsp3) is 0.333. The molecule has 0 N–H and O–H groups in total.